The van der Waals surface area contributed by atoms with E-state index in [0.717, 1.165) is 13.1 Å². The maximum atomic E-state index is 3.40. The topological polar surface area (TPSA) is 31.1 Å². The number of hydrogen-bond donors (Lipinski definition) is 2. The minimum absolute atomic E-state index is 0.481. The second kappa shape index (κ2) is 4.15. The number of rotatable bonds is 3. The van der Waals surface area contributed by atoms with Gasteiger partial charge in [0.2, 0.25) is 0 Å². The molecular weight excluding hydrogens is 174 g/mol. The second-order valence-electron chi connectivity index (χ2n) is 4.11. The number of nitrogens with one attached hydrogen (secondary N) is 2. The molecule has 2 N–H and O–H groups in total. The van der Waals surface area contributed by atoms with E-state index in [-0.39, 0.29) is 0 Å². The summed E-state index contributed by atoms with van der Waals surface area (Å²) in [6.07, 6.45) is 3.26. The summed E-state index contributed by atoms with van der Waals surface area (Å²) < 4.78 is 0. The second-order valence-corrected chi connectivity index (χ2v) is 4.11. The first-order valence-electron chi connectivity index (χ1n) is 5.35. The van der Waals surface area contributed by atoms with Crippen LogP contribution in [0.4, 0.5) is 0 Å². The lowest BCUT2D eigenvalue weighted by atomic mass is 10.1. The zero-order valence-corrected chi connectivity index (χ0v) is 8.96. The molecule has 3 heteroatoms. The molecule has 0 aromatic carbocycles. The van der Waals surface area contributed by atoms with Crippen molar-refractivity contribution in [3.63, 3.8) is 0 Å². The highest BCUT2D eigenvalue weighted by Gasteiger charge is 2.23. The van der Waals surface area contributed by atoms with Gasteiger partial charge in [0.05, 0.1) is 0 Å². The number of likely N-dealkylation sites (N-methyl/N-ethyl adjacent to an activating group) is 1. The summed E-state index contributed by atoms with van der Waals surface area (Å²) in [6.45, 7) is 4.54. The van der Waals surface area contributed by atoms with Crippen molar-refractivity contribution in [3.8, 4) is 0 Å². The molecule has 1 aromatic rings. The summed E-state index contributed by atoms with van der Waals surface area (Å²) in [7, 11) is 2.21. The van der Waals surface area contributed by atoms with Gasteiger partial charge < -0.3 is 10.3 Å². The molecule has 1 aliphatic rings. The highest BCUT2D eigenvalue weighted by atomic mass is 15.2. The van der Waals surface area contributed by atoms with E-state index < -0.39 is 0 Å². The number of aromatic amines is 1. The summed E-state index contributed by atoms with van der Waals surface area (Å²) in [4.78, 5) is 5.73. The van der Waals surface area contributed by atoms with Gasteiger partial charge in [-0.3, -0.25) is 4.90 Å². The quantitative estimate of drug-likeness (QED) is 0.759. The van der Waals surface area contributed by atoms with E-state index in [1.165, 1.54) is 12.1 Å². The Kier molecular flexibility index (Phi) is 2.89. The average molecular weight is 193 g/mol. The molecule has 2 rings (SSSR count). The summed E-state index contributed by atoms with van der Waals surface area (Å²) >= 11 is 0. The summed E-state index contributed by atoms with van der Waals surface area (Å²) in [5.41, 5.74) is 1.31. The van der Waals surface area contributed by atoms with Crippen LogP contribution in [0.15, 0.2) is 18.3 Å². The van der Waals surface area contributed by atoms with Crippen LogP contribution in [0.1, 0.15) is 25.1 Å². The van der Waals surface area contributed by atoms with Crippen LogP contribution in [0, 0.1) is 0 Å². The number of nitrogens with zero attached hydrogens (tertiary/aromatic N) is 1. The zero-order valence-electron chi connectivity index (χ0n) is 8.96. The van der Waals surface area contributed by atoms with Crippen LogP contribution < -0.4 is 5.32 Å². The highest BCUT2D eigenvalue weighted by molar-refractivity contribution is 5.08. The minimum Gasteiger partial charge on any atom is -0.364 e. The standard InChI is InChI=1S/C11H19N3/c1-9(11-4-3-6-13-11)14(2)10-5-7-12-8-10/h3-4,6,9-10,12-13H,5,7-8H2,1-2H3/t9-,10-/m0/s1. The number of aromatic nitrogens is 1. The molecule has 0 bridgehead atoms. The molecule has 1 aliphatic heterocycles. The van der Waals surface area contributed by atoms with Gasteiger partial charge in [-0.15, -0.1) is 0 Å². The molecule has 0 saturated carbocycles. The van der Waals surface area contributed by atoms with Crippen molar-refractivity contribution in [3.05, 3.63) is 24.0 Å². The SMILES string of the molecule is C[C@@H](c1ccc[nH]1)N(C)[C@H]1CCNC1. The van der Waals surface area contributed by atoms with Gasteiger partial charge in [0.15, 0.2) is 0 Å². The van der Waals surface area contributed by atoms with Crippen LogP contribution in [0.3, 0.4) is 0 Å². The van der Waals surface area contributed by atoms with Crippen LogP contribution in [0.25, 0.3) is 0 Å². The Labute approximate surface area is 85.5 Å². The maximum absolute atomic E-state index is 3.40. The molecule has 1 aromatic heterocycles. The first-order chi connectivity index (χ1) is 6.79. The van der Waals surface area contributed by atoms with Crippen molar-refractivity contribution in [2.75, 3.05) is 20.1 Å². The molecule has 0 radical (unpaired) electrons. The van der Waals surface area contributed by atoms with Crippen LogP contribution in [-0.2, 0) is 0 Å². The molecule has 2 heterocycles. The largest absolute Gasteiger partial charge is 0.364 e. The Bertz CT molecular complexity index is 262. The van der Waals surface area contributed by atoms with Crippen LogP contribution in [0.5, 0.6) is 0 Å². The minimum atomic E-state index is 0.481. The van der Waals surface area contributed by atoms with Crippen molar-refractivity contribution in [1.29, 1.82) is 0 Å². The first kappa shape index (κ1) is 9.74. The van der Waals surface area contributed by atoms with Gasteiger partial charge in [0, 0.05) is 30.5 Å². The van der Waals surface area contributed by atoms with Gasteiger partial charge in [-0.05, 0) is 39.1 Å². The lowest BCUT2D eigenvalue weighted by Crippen LogP contribution is -2.35. The molecule has 0 spiro atoms. The average Bonchev–Trinajstić information content (AvgIpc) is 2.87. The Hall–Kier alpha value is -0.800. The smallest absolute Gasteiger partial charge is 0.0470 e. The molecule has 1 saturated heterocycles. The molecule has 3 nitrogen and oxygen atoms in total. The Balaban J connectivity index is 2.00. The molecule has 2 atom stereocenters. The van der Waals surface area contributed by atoms with Crippen LogP contribution >= 0.6 is 0 Å². The zero-order chi connectivity index (χ0) is 9.97. The molecule has 78 valence electrons. The first-order valence-corrected chi connectivity index (χ1v) is 5.35. The molecule has 0 aliphatic carbocycles. The molecular formula is C11H19N3. The predicted octanol–water partition coefficient (Wildman–Crippen LogP) is 1.37. The third-order valence-corrected chi connectivity index (χ3v) is 3.29. The van der Waals surface area contributed by atoms with Crippen molar-refractivity contribution < 1.29 is 0 Å². The Morgan fingerprint density at radius 1 is 1.57 bits per heavy atom. The monoisotopic (exact) mass is 193 g/mol. The number of hydrogen-bond acceptors (Lipinski definition) is 2. The highest BCUT2D eigenvalue weighted by Crippen LogP contribution is 2.21. The fourth-order valence-corrected chi connectivity index (χ4v) is 2.13. The molecule has 0 unspecified atom stereocenters. The lowest BCUT2D eigenvalue weighted by Gasteiger charge is -2.29. The van der Waals surface area contributed by atoms with E-state index in [0.29, 0.717) is 12.1 Å². The summed E-state index contributed by atoms with van der Waals surface area (Å²) in [6, 6.07) is 5.39. The van der Waals surface area contributed by atoms with Crippen molar-refractivity contribution in [1.82, 2.24) is 15.2 Å². The van der Waals surface area contributed by atoms with E-state index in [4.69, 9.17) is 0 Å². The number of H-pyrrole nitrogens is 1. The third kappa shape index (κ3) is 1.83. The van der Waals surface area contributed by atoms with E-state index in [1.807, 2.05) is 6.20 Å². The van der Waals surface area contributed by atoms with E-state index in [9.17, 15) is 0 Å². The molecule has 14 heavy (non-hydrogen) atoms. The van der Waals surface area contributed by atoms with Gasteiger partial charge in [-0.25, -0.2) is 0 Å². The summed E-state index contributed by atoms with van der Waals surface area (Å²) in [5.74, 6) is 0. The van der Waals surface area contributed by atoms with Gasteiger partial charge in [-0.2, -0.15) is 0 Å². The van der Waals surface area contributed by atoms with Crippen molar-refractivity contribution >= 4 is 0 Å². The Morgan fingerprint density at radius 3 is 3.00 bits per heavy atom. The fraction of sp³-hybridized carbons (Fsp3) is 0.636. The fourth-order valence-electron chi connectivity index (χ4n) is 2.13. The Morgan fingerprint density at radius 2 is 2.43 bits per heavy atom. The third-order valence-electron chi connectivity index (χ3n) is 3.29. The maximum Gasteiger partial charge on any atom is 0.0470 e. The predicted molar refractivity (Wildman–Crippen MR) is 58.2 cm³/mol. The molecule has 0 amide bonds. The van der Waals surface area contributed by atoms with Gasteiger partial charge >= 0.3 is 0 Å². The van der Waals surface area contributed by atoms with E-state index in [1.54, 1.807) is 0 Å². The van der Waals surface area contributed by atoms with Crippen LogP contribution in [-0.4, -0.2) is 36.1 Å². The van der Waals surface area contributed by atoms with Crippen LogP contribution in [0.2, 0.25) is 0 Å². The van der Waals surface area contributed by atoms with Crippen molar-refractivity contribution in [2.45, 2.75) is 25.4 Å². The molecule has 1 fully saturated rings. The lowest BCUT2D eigenvalue weighted by molar-refractivity contribution is 0.194. The van der Waals surface area contributed by atoms with E-state index >= 15 is 0 Å². The van der Waals surface area contributed by atoms with Crippen molar-refractivity contribution in [2.24, 2.45) is 0 Å². The van der Waals surface area contributed by atoms with E-state index in [2.05, 4.69) is 41.3 Å². The summed E-state index contributed by atoms with van der Waals surface area (Å²) in [5, 5.41) is 3.40. The van der Waals surface area contributed by atoms with Gasteiger partial charge in [-0.1, -0.05) is 0 Å². The van der Waals surface area contributed by atoms with Gasteiger partial charge in [0.1, 0.15) is 0 Å². The normalized spacial score (nSPS) is 24.4. The van der Waals surface area contributed by atoms with Gasteiger partial charge in [0.25, 0.3) is 0 Å².